The van der Waals surface area contributed by atoms with E-state index in [0.29, 0.717) is 11.3 Å². The number of aromatic nitrogens is 2. The molecule has 154 valence electrons. The largest absolute Gasteiger partial charge is 0.388 e. The van der Waals surface area contributed by atoms with Gasteiger partial charge in [0.25, 0.3) is 0 Å². The van der Waals surface area contributed by atoms with Crippen LogP contribution >= 0.6 is 0 Å². The van der Waals surface area contributed by atoms with Gasteiger partial charge in [0, 0.05) is 23.7 Å². The molecule has 0 unspecified atom stereocenters. The minimum Gasteiger partial charge on any atom is -0.388 e. The molecular weight excluding hydrogens is 344 g/mol. The van der Waals surface area contributed by atoms with Crippen molar-refractivity contribution < 1.29 is 5.11 Å². The number of aryl methyl sites for hydroxylation is 1. The number of hydrogen-bond acceptors (Lipinski definition) is 2. The number of rotatable bonds is 2. The Morgan fingerprint density at radius 3 is 2.75 bits per heavy atom. The fraction of sp³-hybridized carbons (Fsp3) is 0.800. The summed E-state index contributed by atoms with van der Waals surface area (Å²) in [7, 11) is 0. The van der Waals surface area contributed by atoms with Crippen LogP contribution in [-0.2, 0) is 6.54 Å². The number of nitrogens with zero attached hydrogens (tertiary/aromatic N) is 2. The predicted octanol–water partition coefficient (Wildman–Crippen LogP) is 5.69. The molecular formula is C25H38N2O. The second-order valence-electron chi connectivity index (χ2n) is 10.9. The van der Waals surface area contributed by atoms with Crippen LogP contribution in [0.2, 0.25) is 0 Å². The summed E-state index contributed by atoms with van der Waals surface area (Å²) in [5, 5.41) is 15.8. The van der Waals surface area contributed by atoms with Gasteiger partial charge in [0.05, 0.1) is 12.3 Å². The average Bonchev–Trinajstić information content (AvgIpc) is 3.25. The maximum atomic E-state index is 11.4. The quantitative estimate of drug-likeness (QED) is 0.713. The van der Waals surface area contributed by atoms with Crippen LogP contribution in [0.5, 0.6) is 0 Å². The maximum Gasteiger partial charge on any atom is 0.0809 e. The van der Waals surface area contributed by atoms with Gasteiger partial charge in [-0.3, -0.25) is 4.68 Å². The summed E-state index contributed by atoms with van der Waals surface area (Å²) in [6.07, 6.45) is 18.3. The lowest BCUT2D eigenvalue weighted by atomic mass is 9.45. The summed E-state index contributed by atoms with van der Waals surface area (Å²) in [5.41, 5.74) is 3.06. The molecule has 3 heteroatoms. The van der Waals surface area contributed by atoms with Gasteiger partial charge in [-0.05, 0) is 86.5 Å². The van der Waals surface area contributed by atoms with Gasteiger partial charge in [-0.1, -0.05) is 32.8 Å². The van der Waals surface area contributed by atoms with E-state index in [9.17, 15) is 5.11 Å². The third kappa shape index (κ3) is 2.68. The van der Waals surface area contributed by atoms with Crippen molar-refractivity contribution in [3.05, 3.63) is 23.5 Å². The molecule has 0 aliphatic heterocycles. The minimum atomic E-state index is -0.277. The molecule has 4 aliphatic carbocycles. The van der Waals surface area contributed by atoms with Crippen molar-refractivity contribution in [1.29, 1.82) is 0 Å². The first-order valence-electron chi connectivity index (χ1n) is 11.9. The second kappa shape index (κ2) is 6.72. The summed E-state index contributed by atoms with van der Waals surface area (Å²) in [4.78, 5) is 0. The summed E-state index contributed by atoms with van der Waals surface area (Å²) in [5.74, 6) is 3.33. The predicted molar refractivity (Wildman–Crippen MR) is 114 cm³/mol. The van der Waals surface area contributed by atoms with Crippen LogP contribution in [-0.4, -0.2) is 21.0 Å². The number of fused-ring (bicyclic) bond motifs is 5. The van der Waals surface area contributed by atoms with E-state index in [0.717, 1.165) is 36.3 Å². The first-order chi connectivity index (χ1) is 13.5. The Balaban J connectivity index is 1.44. The van der Waals surface area contributed by atoms with Crippen molar-refractivity contribution in [2.45, 2.75) is 91.2 Å². The van der Waals surface area contributed by atoms with E-state index in [2.05, 4.69) is 38.1 Å². The molecule has 4 fully saturated rings. The molecule has 5 rings (SSSR count). The molecule has 0 radical (unpaired) electrons. The minimum absolute atomic E-state index is 0.0750. The maximum absolute atomic E-state index is 11.4. The van der Waals surface area contributed by atoms with E-state index in [-0.39, 0.29) is 11.5 Å². The molecule has 0 aromatic carbocycles. The van der Waals surface area contributed by atoms with Crippen LogP contribution < -0.4 is 0 Å². The molecule has 0 spiro atoms. The van der Waals surface area contributed by atoms with Gasteiger partial charge in [-0.15, -0.1) is 0 Å². The molecule has 4 aliphatic rings. The first kappa shape index (κ1) is 18.9. The lowest BCUT2D eigenvalue weighted by Gasteiger charge is -2.60. The zero-order valence-electron chi connectivity index (χ0n) is 18.0. The van der Waals surface area contributed by atoms with E-state index >= 15 is 0 Å². The number of hydrogen-bond donors (Lipinski definition) is 1. The summed E-state index contributed by atoms with van der Waals surface area (Å²) < 4.78 is 1.98. The van der Waals surface area contributed by atoms with Gasteiger partial charge in [-0.2, -0.15) is 5.10 Å². The van der Waals surface area contributed by atoms with Gasteiger partial charge >= 0.3 is 0 Å². The van der Waals surface area contributed by atoms with Crippen LogP contribution in [0.4, 0.5) is 0 Å². The lowest BCUT2D eigenvalue weighted by molar-refractivity contribution is -0.119. The molecule has 1 aromatic heterocycles. The van der Waals surface area contributed by atoms with Gasteiger partial charge in [-0.25, -0.2) is 0 Å². The summed E-state index contributed by atoms with van der Waals surface area (Å²) >= 11 is 0. The van der Waals surface area contributed by atoms with Crippen LogP contribution in [0.3, 0.4) is 0 Å². The van der Waals surface area contributed by atoms with Crippen molar-refractivity contribution in [2.75, 3.05) is 0 Å². The number of aliphatic hydroxyl groups is 1. The van der Waals surface area contributed by atoms with Crippen molar-refractivity contribution in [1.82, 2.24) is 9.78 Å². The lowest BCUT2D eigenvalue weighted by Crippen LogP contribution is -2.53. The Hall–Kier alpha value is -1.09. The summed E-state index contributed by atoms with van der Waals surface area (Å²) in [6.45, 7) is 8.05. The molecule has 1 aromatic rings. The van der Waals surface area contributed by atoms with Crippen molar-refractivity contribution in [3.63, 3.8) is 0 Å². The monoisotopic (exact) mass is 382 g/mol. The Morgan fingerprint density at radius 1 is 1.11 bits per heavy atom. The fourth-order valence-corrected chi connectivity index (χ4v) is 8.14. The molecule has 7 atom stereocenters. The highest BCUT2D eigenvalue weighted by Crippen LogP contribution is 2.67. The molecule has 0 saturated heterocycles. The highest BCUT2D eigenvalue weighted by atomic mass is 16.3. The van der Waals surface area contributed by atoms with Crippen LogP contribution in [0.25, 0.3) is 6.08 Å². The van der Waals surface area contributed by atoms with Gasteiger partial charge < -0.3 is 5.11 Å². The molecule has 28 heavy (non-hydrogen) atoms. The van der Waals surface area contributed by atoms with Crippen LogP contribution in [0, 0.1) is 34.5 Å². The average molecular weight is 383 g/mol. The second-order valence-corrected chi connectivity index (χ2v) is 10.9. The van der Waals surface area contributed by atoms with Gasteiger partial charge in [0.2, 0.25) is 0 Å². The van der Waals surface area contributed by atoms with E-state index in [1.807, 2.05) is 10.9 Å². The standard InChI is InChI=1S/C25H38N2O/c1-4-27-16-17(15-26-27)13-18-14-22-20-9-8-19-7-5-6-11-24(19,2)21(20)10-12-25(22,3)23(18)28/h13,15-16,19-23,28H,4-12,14H2,1-3H3/b18-13-/t19-,20+,21-,22-,23-,24-,25-/m0/s1. The van der Waals surface area contributed by atoms with E-state index in [4.69, 9.17) is 0 Å². The fourth-order valence-electron chi connectivity index (χ4n) is 8.14. The van der Waals surface area contributed by atoms with Gasteiger partial charge in [0.15, 0.2) is 0 Å². The van der Waals surface area contributed by atoms with Crippen molar-refractivity contribution >= 4 is 6.08 Å². The van der Waals surface area contributed by atoms with Crippen molar-refractivity contribution in [3.8, 4) is 0 Å². The molecule has 0 amide bonds. The Labute approximate surface area is 170 Å². The molecule has 1 heterocycles. The Morgan fingerprint density at radius 2 is 1.96 bits per heavy atom. The number of aliphatic hydroxyl groups excluding tert-OH is 1. The summed E-state index contributed by atoms with van der Waals surface area (Å²) in [6, 6.07) is 0. The molecule has 0 bridgehead atoms. The Bertz CT molecular complexity index is 766. The molecule has 3 nitrogen and oxygen atoms in total. The normalized spacial score (nSPS) is 46.9. The third-order valence-electron chi connectivity index (χ3n) is 9.78. The van der Waals surface area contributed by atoms with E-state index in [1.54, 1.807) is 0 Å². The third-order valence-corrected chi connectivity index (χ3v) is 9.78. The van der Waals surface area contributed by atoms with E-state index < -0.39 is 0 Å². The van der Waals surface area contributed by atoms with E-state index in [1.165, 1.54) is 56.9 Å². The zero-order valence-corrected chi connectivity index (χ0v) is 18.0. The Kier molecular flexibility index (Phi) is 4.54. The van der Waals surface area contributed by atoms with Crippen LogP contribution in [0.15, 0.2) is 18.0 Å². The van der Waals surface area contributed by atoms with Crippen LogP contribution in [0.1, 0.15) is 84.1 Å². The van der Waals surface area contributed by atoms with Crippen molar-refractivity contribution in [2.24, 2.45) is 34.5 Å². The highest BCUT2D eigenvalue weighted by molar-refractivity contribution is 5.54. The highest BCUT2D eigenvalue weighted by Gasteiger charge is 2.60. The van der Waals surface area contributed by atoms with Gasteiger partial charge in [0.1, 0.15) is 0 Å². The molecule has 4 saturated carbocycles. The zero-order chi connectivity index (χ0) is 19.5. The first-order valence-corrected chi connectivity index (χ1v) is 11.9. The smallest absolute Gasteiger partial charge is 0.0809 e. The molecule has 1 N–H and O–H groups in total. The SMILES string of the molecule is CCn1cc(/C=C2/C[C@H]3[C@@H]4CC[C@@H]5CCCC[C@]5(C)[C@H]4CC[C@]3(C)[C@H]2O)cn1. The topological polar surface area (TPSA) is 38.0 Å².